The lowest BCUT2D eigenvalue weighted by Crippen LogP contribution is -2.52. The first-order valence-electron chi connectivity index (χ1n) is 14.2. The fraction of sp³-hybridized carbons (Fsp3) is 0.885. The zero-order chi connectivity index (χ0) is 32.2. The van der Waals surface area contributed by atoms with E-state index in [0.717, 1.165) is 25.7 Å². The summed E-state index contributed by atoms with van der Waals surface area (Å²) in [4.78, 5) is 37.9. The van der Waals surface area contributed by atoms with E-state index in [1.807, 2.05) is 0 Å². The maximum Gasteiger partial charge on any atom is 0.249 e. The molecule has 0 heterocycles. The standard InChI is InChI=1S/C26H51N3O13/c1-2-3-4-5-6-9-18(34)29(10-7-12-41-23(25(27)39)21(37)19(35)16(32)14-30)11-8-13-42-24(26(28)40)22(38)20(36)17(33)15-31/h16-17,19-24,30-33,35-38H,2-15H2,1H3,(H2,27,39)(H2,28,40)/t16-,17-,19-,20-,21+,22+,23-,24-/m1/s1. The van der Waals surface area contributed by atoms with Gasteiger partial charge in [-0.3, -0.25) is 14.4 Å². The van der Waals surface area contributed by atoms with Crippen LogP contribution < -0.4 is 11.5 Å². The zero-order valence-corrected chi connectivity index (χ0v) is 24.2. The number of unbranched alkanes of at least 4 members (excludes halogenated alkanes) is 4. The highest BCUT2D eigenvalue weighted by atomic mass is 16.5. The number of aliphatic hydroxyl groups excluding tert-OH is 8. The first-order chi connectivity index (χ1) is 19.8. The third kappa shape index (κ3) is 15.0. The van der Waals surface area contributed by atoms with Gasteiger partial charge in [-0.1, -0.05) is 32.6 Å². The number of amides is 3. The third-order valence-electron chi connectivity index (χ3n) is 6.63. The minimum atomic E-state index is -1.91. The molecule has 0 aliphatic heterocycles. The number of carbonyl (C=O) groups excluding carboxylic acids is 3. The Balaban J connectivity index is 5.14. The largest absolute Gasteiger partial charge is 0.394 e. The fourth-order valence-corrected chi connectivity index (χ4v) is 4.06. The first-order valence-corrected chi connectivity index (χ1v) is 14.2. The van der Waals surface area contributed by atoms with Crippen molar-refractivity contribution in [3.63, 3.8) is 0 Å². The van der Waals surface area contributed by atoms with Crippen molar-refractivity contribution in [1.29, 1.82) is 0 Å². The molecule has 16 heteroatoms. The van der Waals surface area contributed by atoms with E-state index in [4.69, 9.17) is 31.2 Å². The van der Waals surface area contributed by atoms with E-state index >= 15 is 0 Å². The highest BCUT2D eigenvalue weighted by Gasteiger charge is 2.36. The Hall–Kier alpha value is -1.99. The van der Waals surface area contributed by atoms with Gasteiger partial charge in [-0.2, -0.15) is 0 Å². The minimum absolute atomic E-state index is 0.153. The van der Waals surface area contributed by atoms with Crippen LogP contribution in [0.1, 0.15) is 58.3 Å². The smallest absolute Gasteiger partial charge is 0.249 e. The van der Waals surface area contributed by atoms with Gasteiger partial charge < -0.3 is 66.7 Å². The summed E-state index contributed by atoms with van der Waals surface area (Å²) in [6, 6.07) is 0. The fourth-order valence-electron chi connectivity index (χ4n) is 4.06. The number of nitrogens with zero attached hydrogens (tertiary/aromatic N) is 1. The number of primary amides is 2. The van der Waals surface area contributed by atoms with E-state index in [1.165, 1.54) is 4.90 Å². The summed E-state index contributed by atoms with van der Waals surface area (Å²) >= 11 is 0. The molecule has 0 unspecified atom stereocenters. The van der Waals surface area contributed by atoms with Crippen LogP contribution in [0.25, 0.3) is 0 Å². The molecule has 12 N–H and O–H groups in total. The molecule has 0 radical (unpaired) electrons. The topological polar surface area (TPSA) is 287 Å². The monoisotopic (exact) mass is 613 g/mol. The van der Waals surface area contributed by atoms with Gasteiger partial charge in [0.1, 0.15) is 36.6 Å². The summed E-state index contributed by atoms with van der Waals surface area (Å²) in [5, 5.41) is 76.9. The molecular formula is C26H51N3O13. The van der Waals surface area contributed by atoms with Crippen LogP contribution in [0.2, 0.25) is 0 Å². The lowest BCUT2D eigenvalue weighted by atomic mass is 10.0. The van der Waals surface area contributed by atoms with E-state index < -0.39 is 73.9 Å². The van der Waals surface area contributed by atoms with Gasteiger partial charge in [-0.25, -0.2) is 0 Å². The summed E-state index contributed by atoms with van der Waals surface area (Å²) < 4.78 is 10.6. The van der Waals surface area contributed by atoms with Crippen LogP contribution in [-0.4, -0.2) is 152 Å². The number of hydrogen-bond donors (Lipinski definition) is 10. The van der Waals surface area contributed by atoms with E-state index in [0.29, 0.717) is 6.42 Å². The highest BCUT2D eigenvalue weighted by Crippen LogP contribution is 2.12. The van der Waals surface area contributed by atoms with Gasteiger partial charge in [0.2, 0.25) is 17.7 Å². The number of carbonyl (C=O) groups is 3. The summed E-state index contributed by atoms with van der Waals surface area (Å²) in [5.41, 5.74) is 10.5. The predicted molar refractivity (Wildman–Crippen MR) is 147 cm³/mol. The third-order valence-corrected chi connectivity index (χ3v) is 6.63. The van der Waals surface area contributed by atoms with Gasteiger partial charge in [-0.05, 0) is 19.3 Å². The van der Waals surface area contributed by atoms with Crippen LogP contribution in [0.4, 0.5) is 0 Å². The van der Waals surface area contributed by atoms with Gasteiger partial charge in [0.15, 0.2) is 12.2 Å². The summed E-state index contributed by atoms with van der Waals surface area (Å²) in [6.45, 7) is 0.321. The average molecular weight is 614 g/mol. The Kier molecular flexibility index (Phi) is 21.5. The van der Waals surface area contributed by atoms with E-state index in [2.05, 4.69) is 6.92 Å². The molecule has 0 aromatic rings. The quantitative estimate of drug-likeness (QED) is 0.0415. The van der Waals surface area contributed by atoms with E-state index in [9.17, 15) is 45.0 Å². The van der Waals surface area contributed by atoms with Crippen molar-refractivity contribution in [2.75, 3.05) is 39.5 Å². The van der Waals surface area contributed by atoms with Crippen LogP contribution in [-0.2, 0) is 23.9 Å². The van der Waals surface area contributed by atoms with Crippen LogP contribution in [0.15, 0.2) is 0 Å². The van der Waals surface area contributed by atoms with Crippen molar-refractivity contribution in [2.45, 2.75) is 107 Å². The molecule has 3 amide bonds. The molecule has 0 saturated carbocycles. The number of ether oxygens (including phenoxy) is 2. The van der Waals surface area contributed by atoms with Crippen molar-refractivity contribution >= 4 is 17.7 Å². The van der Waals surface area contributed by atoms with Crippen molar-refractivity contribution in [3.8, 4) is 0 Å². The molecular weight excluding hydrogens is 562 g/mol. The predicted octanol–water partition coefficient (Wildman–Crippen LogP) is -4.15. The van der Waals surface area contributed by atoms with Gasteiger partial charge in [0, 0.05) is 32.7 Å². The van der Waals surface area contributed by atoms with Crippen LogP contribution in [0.5, 0.6) is 0 Å². The van der Waals surface area contributed by atoms with Gasteiger partial charge in [-0.15, -0.1) is 0 Å². The lowest BCUT2D eigenvalue weighted by Gasteiger charge is -2.28. The molecule has 0 aromatic carbocycles. The molecule has 0 spiro atoms. The molecule has 0 fully saturated rings. The Bertz CT molecular complexity index is 715. The van der Waals surface area contributed by atoms with E-state index in [-0.39, 0.29) is 51.5 Å². The molecule has 8 atom stereocenters. The molecule has 0 aliphatic carbocycles. The molecule has 16 nitrogen and oxygen atoms in total. The van der Waals surface area contributed by atoms with Gasteiger partial charge >= 0.3 is 0 Å². The molecule has 0 rings (SSSR count). The van der Waals surface area contributed by atoms with Crippen LogP contribution in [0.3, 0.4) is 0 Å². The second-order valence-corrected chi connectivity index (χ2v) is 10.1. The van der Waals surface area contributed by atoms with Crippen molar-refractivity contribution < 1.29 is 64.7 Å². The zero-order valence-electron chi connectivity index (χ0n) is 24.2. The van der Waals surface area contributed by atoms with Crippen LogP contribution >= 0.6 is 0 Å². The lowest BCUT2D eigenvalue weighted by molar-refractivity contribution is -0.155. The molecule has 0 bridgehead atoms. The number of hydrogen-bond acceptors (Lipinski definition) is 13. The summed E-state index contributed by atoms with van der Waals surface area (Å²) in [7, 11) is 0. The molecule has 0 aliphatic rings. The van der Waals surface area contributed by atoms with E-state index in [1.54, 1.807) is 0 Å². The Morgan fingerprint density at radius 3 is 1.40 bits per heavy atom. The number of nitrogens with two attached hydrogens (primary N) is 2. The second-order valence-electron chi connectivity index (χ2n) is 10.1. The number of aliphatic hydroxyl groups is 8. The molecule has 42 heavy (non-hydrogen) atoms. The van der Waals surface area contributed by atoms with Crippen molar-refractivity contribution in [1.82, 2.24) is 4.90 Å². The average Bonchev–Trinajstić information content (AvgIpc) is 2.96. The Morgan fingerprint density at radius 1 is 0.643 bits per heavy atom. The van der Waals surface area contributed by atoms with Crippen LogP contribution in [0, 0.1) is 0 Å². The van der Waals surface area contributed by atoms with Gasteiger partial charge in [0.25, 0.3) is 0 Å². The SMILES string of the molecule is CCCCCCCC(=O)N(CCCO[C@@H](C(N)=O)[C@@H](O)[C@H](O)[C@H](O)CO)CCCO[C@@H](C(N)=O)[C@@H](O)[C@H](O)[C@H](O)CO. The van der Waals surface area contributed by atoms with Gasteiger partial charge in [0.05, 0.1) is 13.2 Å². The first kappa shape index (κ1) is 40.0. The minimum Gasteiger partial charge on any atom is -0.394 e. The molecule has 0 saturated heterocycles. The maximum absolute atomic E-state index is 12.9. The Labute approximate surface area is 245 Å². The molecule has 0 aromatic heterocycles. The van der Waals surface area contributed by atoms with Crippen molar-refractivity contribution in [3.05, 3.63) is 0 Å². The number of rotatable bonds is 26. The summed E-state index contributed by atoms with van der Waals surface area (Å²) in [5.74, 6) is -2.38. The highest BCUT2D eigenvalue weighted by molar-refractivity contribution is 5.80. The normalized spacial score (nSPS) is 17.5. The second kappa shape index (κ2) is 22.5. The summed E-state index contributed by atoms with van der Waals surface area (Å²) in [6.07, 6.45) is -9.14. The maximum atomic E-state index is 12.9. The van der Waals surface area contributed by atoms with Crippen molar-refractivity contribution in [2.24, 2.45) is 11.5 Å². The molecule has 248 valence electrons. The Morgan fingerprint density at radius 2 is 1.05 bits per heavy atom.